The Morgan fingerprint density at radius 2 is 1.91 bits per heavy atom. The number of benzene rings is 1. The summed E-state index contributed by atoms with van der Waals surface area (Å²) in [6, 6.07) is 8.01. The van der Waals surface area contributed by atoms with E-state index in [0.29, 0.717) is 6.54 Å². The smallest absolute Gasteiger partial charge is 0.0854 e. The van der Waals surface area contributed by atoms with E-state index < -0.39 is 0 Å². The molecule has 0 unspecified atom stereocenters. The minimum Gasteiger partial charge on any atom is -0.391 e. The lowest BCUT2D eigenvalue weighted by molar-refractivity contribution is 0.742. The summed E-state index contributed by atoms with van der Waals surface area (Å²) in [6.07, 6.45) is 10.3. The van der Waals surface area contributed by atoms with Gasteiger partial charge in [0.2, 0.25) is 0 Å². The first-order valence-corrected chi connectivity index (χ1v) is 8.62. The van der Waals surface area contributed by atoms with E-state index in [-0.39, 0.29) is 0 Å². The van der Waals surface area contributed by atoms with Gasteiger partial charge in [-0.15, -0.1) is 0 Å². The van der Waals surface area contributed by atoms with Crippen molar-refractivity contribution in [3.63, 3.8) is 0 Å². The molecule has 1 aromatic carbocycles. The Bertz CT molecular complexity index is 478. The zero-order valence-corrected chi connectivity index (χ0v) is 15.0. The van der Waals surface area contributed by atoms with Crippen molar-refractivity contribution in [2.75, 3.05) is 37.4 Å². The van der Waals surface area contributed by atoms with E-state index in [1.54, 1.807) is 0 Å². The molecule has 1 N–H and O–H groups in total. The van der Waals surface area contributed by atoms with Crippen molar-refractivity contribution in [1.29, 1.82) is 0 Å². The highest BCUT2D eigenvalue weighted by Crippen LogP contribution is 2.18. The summed E-state index contributed by atoms with van der Waals surface area (Å²) in [5.74, 6) is 0. The first-order chi connectivity index (χ1) is 10.7. The van der Waals surface area contributed by atoms with Gasteiger partial charge < -0.3 is 10.2 Å². The van der Waals surface area contributed by atoms with E-state index in [1.165, 1.54) is 12.8 Å². The average Bonchev–Trinajstić information content (AvgIpc) is 2.53. The molecule has 1 rings (SSSR count). The highest BCUT2D eigenvalue weighted by Gasteiger charge is 1.93. The van der Waals surface area contributed by atoms with Gasteiger partial charge in [0.1, 0.15) is 0 Å². The highest BCUT2D eigenvalue weighted by molar-refractivity contribution is 9.09. The Hall–Kier alpha value is -1.62. The number of nitrogens with zero attached hydrogens (tertiary/aromatic N) is 3. The fourth-order valence-electron chi connectivity index (χ4n) is 1.65. The number of nitrogens with one attached hydrogen (secondary N) is 1. The molecule has 0 bridgehead atoms. The van der Waals surface area contributed by atoms with Crippen LogP contribution in [0.2, 0.25) is 0 Å². The molecule has 0 aliphatic rings. The molecule has 1 aromatic rings. The number of hydrogen-bond acceptors (Lipinski definition) is 4. The van der Waals surface area contributed by atoms with Crippen LogP contribution in [0.5, 0.6) is 0 Å². The predicted octanol–water partition coefficient (Wildman–Crippen LogP) is 4.67. The third-order valence-corrected chi connectivity index (χ3v) is 3.47. The van der Waals surface area contributed by atoms with E-state index in [0.717, 1.165) is 23.2 Å². The van der Waals surface area contributed by atoms with Crippen LogP contribution in [0.15, 0.2) is 58.9 Å². The molecule has 0 saturated carbocycles. The summed E-state index contributed by atoms with van der Waals surface area (Å²) in [6.45, 7) is 1.60. The lowest BCUT2D eigenvalue weighted by Gasteiger charge is -2.11. The summed E-state index contributed by atoms with van der Waals surface area (Å²) in [7, 11) is 4.04. The predicted molar refractivity (Wildman–Crippen MR) is 99.5 cm³/mol. The first-order valence-electron chi connectivity index (χ1n) is 7.50. The molecule has 0 saturated heterocycles. The highest BCUT2D eigenvalue weighted by atomic mass is 79.9. The van der Waals surface area contributed by atoms with E-state index in [1.807, 2.05) is 62.8 Å². The quantitative estimate of drug-likeness (QED) is 0.283. The maximum atomic E-state index is 4.19. The van der Waals surface area contributed by atoms with Gasteiger partial charge in [0.05, 0.1) is 12.2 Å². The zero-order chi connectivity index (χ0) is 16.0. The fourth-order valence-corrected chi connectivity index (χ4v) is 2.05. The molecule has 0 spiro atoms. The molecule has 0 aromatic heterocycles. The van der Waals surface area contributed by atoms with Crippen molar-refractivity contribution >= 4 is 27.3 Å². The van der Waals surface area contributed by atoms with Crippen molar-refractivity contribution in [3.05, 3.63) is 48.7 Å². The second-order valence-electron chi connectivity index (χ2n) is 4.97. The molecule has 0 atom stereocenters. The minimum absolute atomic E-state index is 0.587. The molecule has 0 amide bonds. The number of unbranched alkanes of at least 4 members (excludes halogenated alkanes) is 1. The van der Waals surface area contributed by atoms with Crippen LogP contribution in [0, 0.1) is 0 Å². The maximum absolute atomic E-state index is 4.19. The van der Waals surface area contributed by atoms with E-state index in [2.05, 4.69) is 36.4 Å². The summed E-state index contributed by atoms with van der Waals surface area (Å²) in [5.41, 5.74) is 2.04. The molecule has 120 valence electrons. The average molecular weight is 365 g/mol. The van der Waals surface area contributed by atoms with Crippen LogP contribution >= 0.6 is 15.9 Å². The first kappa shape index (κ1) is 18.4. The van der Waals surface area contributed by atoms with Crippen LogP contribution in [0.3, 0.4) is 0 Å². The van der Waals surface area contributed by atoms with Crippen LogP contribution in [0.4, 0.5) is 11.4 Å². The van der Waals surface area contributed by atoms with Gasteiger partial charge in [-0.2, -0.15) is 10.2 Å². The Morgan fingerprint density at radius 3 is 2.59 bits per heavy atom. The molecular formula is C17H25BrN4. The normalized spacial score (nSPS) is 11.8. The van der Waals surface area contributed by atoms with Crippen molar-refractivity contribution in [2.24, 2.45) is 10.2 Å². The van der Waals surface area contributed by atoms with Gasteiger partial charge in [-0.05, 0) is 49.4 Å². The van der Waals surface area contributed by atoms with Gasteiger partial charge >= 0.3 is 0 Å². The maximum Gasteiger partial charge on any atom is 0.0854 e. The van der Waals surface area contributed by atoms with Crippen molar-refractivity contribution in [2.45, 2.75) is 12.8 Å². The second kappa shape index (κ2) is 12.0. The van der Waals surface area contributed by atoms with Crippen LogP contribution in [-0.4, -0.2) is 32.5 Å². The number of allylic oxidation sites excluding steroid dienone is 2. The fraction of sp³-hybridized carbons (Fsp3) is 0.412. The summed E-state index contributed by atoms with van der Waals surface area (Å²) < 4.78 is 0. The molecule has 0 heterocycles. The van der Waals surface area contributed by atoms with E-state index in [4.69, 9.17) is 0 Å². The van der Waals surface area contributed by atoms with Gasteiger partial charge in [-0.3, -0.25) is 0 Å². The van der Waals surface area contributed by atoms with Crippen LogP contribution in [-0.2, 0) is 0 Å². The second-order valence-corrected chi connectivity index (χ2v) is 5.77. The number of azo groups is 1. The van der Waals surface area contributed by atoms with Crippen LogP contribution < -0.4 is 10.2 Å². The van der Waals surface area contributed by atoms with Crippen LogP contribution in [0.1, 0.15) is 12.8 Å². The number of rotatable bonds is 10. The summed E-state index contributed by atoms with van der Waals surface area (Å²) >= 11 is 3.42. The minimum atomic E-state index is 0.587. The molecule has 4 nitrogen and oxygen atoms in total. The number of hydrogen-bond donors (Lipinski definition) is 1. The lowest BCUT2D eigenvalue weighted by Crippen LogP contribution is -2.07. The standard InChI is InChI=1S/C17H25BrN4/c1-22(2)17-10-8-16(9-11-17)21-20-15-6-3-5-13-19-14-7-4-12-18/h3,5-6,8-11,13,19H,4,7,12,14-15H2,1-2H3/b6-3-,13-5-,21-20?. The Morgan fingerprint density at radius 1 is 1.14 bits per heavy atom. The Kier molecular flexibility index (Phi) is 10.0. The Balaban J connectivity index is 2.20. The van der Waals surface area contributed by atoms with Crippen molar-refractivity contribution in [1.82, 2.24) is 5.32 Å². The zero-order valence-electron chi connectivity index (χ0n) is 13.4. The topological polar surface area (TPSA) is 40.0 Å². The molecule has 0 aliphatic carbocycles. The third kappa shape index (κ3) is 8.62. The van der Waals surface area contributed by atoms with Crippen molar-refractivity contribution in [3.8, 4) is 0 Å². The number of alkyl halides is 1. The monoisotopic (exact) mass is 364 g/mol. The molecular weight excluding hydrogens is 340 g/mol. The van der Waals surface area contributed by atoms with Gasteiger partial charge in [-0.25, -0.2) is 0 Å². The molecule has 0 fully saturated rings. The number of halogens is 1. The van der Waals surface area contributed by atoms with E-state index in [9.17, 15) is 0 Å². The Labute approximate surface area is 142 Å². The summed E-state index contributed by atoms with van der Waals surface area (Å²) in [4.78, 5) is 2.06. The summed E-state index contributed by atoms with van der Waals surface area (Å²) in [5, 5.41) is 12.6. The molecule has 5 heteroatoms. The molecule has 22 heavy (non-hydrogen) atoms. The van der Waals surface area contributed by atoms with E-state index >= 15 is 0 Å². The van der Waals surface area contributed by atoms with Gasteiger partial charge in [0.25, 0.3) is 0 Å². The van der Waals surface area contributed by atoms with Gasteiger partial charge in [0.15, 0.2) is 0 Å². The van der Waals surface area contributed by atoms with Gasteiger partial charge in [0, 0.05) is 31.7 Å². The SMILES string of the molecule is CN(C)c1ccc(N=NC/C=C\C=C/NCCCCBr)cc1. The van der Waals surface area contributed by atoms with Crippen molar-refractivity contribution < 1.29 is 0 Å². The number of anilines is 1. The van der Waals surface area contributed by atoms with Gasteiger partial charge in [-0.1, -0.05) is 28.1 Å². The largest absolute Gasteiger partial charge is 0.391 e. The molecule has 0 aliphatic heterocycles. The van der Waals surface area contributed by atoms with Crippen LogP contribution in [0.25, 0.3) is 0 Å². The third-order valence-electron chi connectivity index (χ3n) is 2.91. The lowest BCUT2D eigenvalue weighted by atomic mass is 10.3. The molecule has 0 radical (unpaired) electrons.